The summed E-state index contributed by atoms with van der Waals surface area (Å²) in [6.45, 7) is 0. The summed E-state index contributed by atoms with van der Waals surface area (Å²) in [6, 6.07) is 4.86. The first-order chi connectivity index (χ1) is 7.58. The number of urea groups is 1. The van der Waals surface area contributed by atoms with E-state index in [9.17, 15) is 9.59 Å². The van der Waals surface area contributed by atoms with Gasteiger partial charge in [0.05, 0.1) is 0 Å². The van der Waals surface area contributed by atoms with Gasteiger partial charge in [-0.15, -0.1) is 0 Å². The number of amides is 3. The van der Waals surface area contributed by atoms with Crippen molar-refractivity contribution >= 4 is 24.5 Å². The zero-order valence-corrected chi connectivity index (χ0v) is 8.18. The topological polar surface area (TPSA) is 98.7 Å². The third-order valence-electron chi connectivity index (χ3n) is 2.32. The van der Waals surface area contributed by atoms with E-state index in [1.165, 1.54) is 12.1 Å². The van der Waals surface area contributed by atoms with Gasteiger partial charge in [-0.1, -0.05) is 24.3 Å². The lowest BCUT2D eigenvalue weighted by molar-refractivity contribution is -0.120. The molecule has 1 saturated heterocycles. The van der Waals surface area contributed by atoms with Crippen LogP contribution in [0.1, 0.15) is 11.6 Å². The summed E-state index contributed by atoms with van der Waals surface area (Å²) >= 11 is 0. The molecular formula is C9H9BN2O4. The molecule has 0 aliphatic carbocycles. The van der Waals surface area contributed by atoms with Crippen molar-refractivity contribution in [3.8, 4) is 0 Å². The van der Waals surface area contributed by atoms with Crippen molar-refractivity contribution in [2.75, 3.05) is 0 Å². The van der Waals surface area contributed by atoms with Gasteiger partial charge < -0.3 is 15.4 Å². The molecule has 1 fully saturated rings. The van der Waals surface area contributed by atoms with Gasteiger partial charge in [-0.25, -0.2) is 4.79 Å². The molecule has 1 aliphatic rings. The van der Waals surface area contributed by atoms with Crippen LogP contribution in [0.3, 0.4) is 0 Å². The van der Waals surface area contributed by atoms with E-state index >= 15 is 0 Å². The molecule has 0 spiro atoms. The molecule has 1 unspecified atom stereocenters. The monoisotopic (exact) mass is 220 g/mol. The molecule has 1 aliphatic heterocycles. The lowest BCUT2D eigenvalue weighted by Crippen LogP contribution is -2.31. The van der Waals surface area contributed by atoms with E-state index < -0.39 is 25.1 Å². The Morgan fingerprint density at radius 2 is 2.00 bits per heavy atom. The quantitative estimate of drug-likeness (QED) is 0.350. The number of nitrogens with one attached hydrogen (secondary N) is 2. The van der Waals surface area contributed by atoms with Crippen molar-refractivity contribution < 1.29 is 19.6 Å². The second-order valence-electron chi connectivity index (χ2n) is 3.44. The minimum atomic E-state index is -1.60. The Kier molecular flexibility index (Phi) is 2.63. The predicted molar refractivity (Wildman–Crippen MR) is 55.7 cm³/mol. The van der Waals surface area contributed by atoms with Crippen LogP contribution in [0.15, 0.2) is 24.3 Å². The van der Waals surface area contributed by atoms with E-state index in [1.54, 1.807) is 12.1 Å². The van der Waals surface area contributed by atoms with E-state index in [0.29, 0.717) is 5.56 Å². The zero-order chi connectivity index (χ0) is 11.7. The number of rotatable bonds is 2. The Balaban J connectivity index is 2.30. The lowest BCUT2D eigenvalue weighted by atomic mass is 9.79. The summed E-state index contributed by atoms with van der Waals surface area (Å²) in [5, 5.41) is 22.5. The normalized spacial score (nSPS) is 19.2. The van der Waals surface area contributed by atoms with Gasteiger partial charge in [0.15, 0.2) is 0 Å². The fourth-order valence-electron chi connectivity index (χ4n) is 1.55. The molecule has 0 aromatic heterocycles. The molecule has 6 nitrogen and oxygen atoms in total. The highest BCUT2D eigenvalue weighted by Crippen LogP contribution is 2.14. The van der Waals surface area contributed by atoms with Gasteiger partial charge in [0.1, 0.15) is 6.04 Å². The largest absolute Gasteiger partial charge is 0.488 e. The smallest absolute Gasteiger partial charge is 0.423 e. The van der Waals surface area contributed by atoms with Crippen molar-refractivity contribution in [1.82, 2.24) is 10.6 Å². The average molecular weight is 220 g/mol. The summed E-state index contributed by atoms with van der Waals surface area (Å²) < 4.78 is 0. The Morgan fingerprint density at radius 1 is 1.25 bits per heavy atom. The Hall–Kier alpha value is -1.86. The molecule has 1 heterocycles. The highest BCUT2D eigenvalue weighted by atomic mass is 16.4. The number of hydrogen-bond donors (Lipinski definition) is 4. The van der Waals surface area contributed by atoms with Crippen LogP contribution in [0.25, 0.3) is 0 Å². The van der Waals surface area contributed by atoms with Crippen LogP contribution in [0.4, 0.5) is 4.79 Å². The molecule has 82 valence electrons. The highest BCUT2D eigenvalue weighted by molar-refractivity contribution is 6.58. The predicted octanol–water partition coefficient (Wildman–Crippen LogP) is -1.75. The van der Waals surface area contributed by atoms with Crippen LogP contribution >= 0.6 is 0 Å². The first-order valence-electron chi connectivity index (χ1n) is 4.65. The summed E-state index contributed by atoms with van der Waals surface area (Å²) in [4.78, 5) is 22.3. The number of hydrogen-bond acceptors (Lipinski definition) is 4. The zero-order valence-electron chi connectivity index (χ0n) is 8.18. The minimum absolute atomic E-state index is 0.270. The second-order valence-corrected chi connectivity index (χ2v) is 3.44. The van der Waals surface area contributed by atoms with Crippen molar-refractivity contribution in [2.45, 2.75) is 6.04 Å². The molecule has 7 heteroatoms. The van der Waals surface area contributed by atoms with Gasteiger partial charge in [0.25, 0.3) is 5.91 Å². The Labute approximate surface area is 91.4 Å². The molecule has 4 N–H and O–H groups in total. The third-order valence-corrected chi connectivity index (χ3v) is 2.32. The number of benzene rings is 1. The fraction of sp³-hybridized carbons (Fsp3) is 0.111. The van der Waals surface area contributed by atoms with Crippen LogP contribution in [0.2, 0.25) is 0 Å². The van der Waals surface area contributed by atoms with Gasteiger partial charge in [0.2, 0.25) is 0 Å². The fourth-order valence-corrected chi connectivity index (χ4v) is 1.55. The maximum absolute atomic E-state index is 11.3. The van der Waals surface area contributed by atoms with Gasteiger partial charge in [0, 0.05) is 0 Å². The maximum atomic E-state index is 11.3. The van der Waals surface area contributed by atoms with E-state index in [1.807, 2.05) is 0 Å². The molecule has 0 bridgehead atoms. The van der Waals surface area contributed by atoms with Crippen molar-refractivity contribution in [2.24, 2.45) is 0 Å². The molecule has 2 rings (SSSR count). The second kappa shape index (κ2) is 3.95. The summed E-state index contributed by atoms with van der Waals surface area (Å²) in [5.41, 5.74) is 0.778. The van der Waals surface area contributed by atoms with Crippen molar-refractivity contribution in [3.63, 3.8) is 0 Å². The molecule has 1 aromatic rings. The first-order valence-corrected chi connectivity index (χ1v) is 4.65. The lowest BCUT2D eigenvalue weighted by Gasteiger charge is -2.09. The van der Waals surface area contributed by atoms with E-state index in [2.05, 4.69) is 10.6 Å². The first kappa shape index (κ1) is 10.7. The Bertz CT molecular complexity index is 449. The van der Waals surface area contributed by atoms with Gasteiger partial charge in [-0.05, 0) is 11.0 Å². The summed E-state index contributed by atoms with van der Waals surface area (Å²) in [5.74, 6) is -0.449. The van der Waals surface area contributed by atoms with Gasteiger partial charge in [-0.3, -0.25) is 10.1 Å². The van der Waals surface area contributed by atoms with Crippen molar-refractivity contribution in [3.05, 3.63) is 29.8 Å². The van der Waals surface area contributed by atoms with E-state index in [0.717, 1.165) is 0 Å². The number of imide groups is 1. The van der Waals surface area contributed by atoms with Crippen LogP contribution in [0, 0.1) is 0 Å². The van der Waals surface area contributed by atoms with Crippen molar-refractivity contribution in [1.29, 1.82) is 0 Å². The van der Waals surface area contributed by atoms with E-state index in [4.69, 9.17) is 10.0 Å². The molecule has 16 heavy (non-hydrogen) atoms. The standard InChI is InChI=1S/C9H9BN2O4/c13-8-7(11-9(14)12-8)5-2-1-3-6(4-5)10(15)16/h1-4,7,15-16H,(H2,11,12,13,14). The van der Waals surface area contributed by atoms with Crippen LogP contribution in [0.5, 0.6) is 0 Å². The van der Waals surface area contributed by atoms with E-state index in [-0.39, 0.29) is 5.46 Å². The third kappa shape index (κ3) is 1.90. The molecule has 1 aromatic carbocycles. The molecule has 1 atom stereocenters. The van der Waals surface area contributed by atoms with Crippen LogP contribution in [-0.2, 0) is 4.79 Å². The number of carbonyl (C=O) groups is 2. The molecule has 0 radical (unpaired) electrons. The van der Waals surface area contributed by atoms with Gasteiger partial charge >= 0.3 is 13.1 Å². The van der Waals surface area contributed by atoms with Gasteiger partial charge in [-0.2, -0.15) is 0 Å². The number of carbonyl (C=O) groups excluding carboxylic acids is 2. The molecule has 0 saturated carbocycles. The van der Waals surface area contributed by atoms with Crippen LogP contribution in [-0.4, -0.2) is 29.1 Å². The highest BCUT2D eigenvalue weighted by Gasteiger charge is 2.31. The SMILES string of the molecule is O=C1NC(=O)C(c2cccc(B(O)O)c2)N1. The maximum Gasteiger partial charge on any atom is 0.488 e. The molecular weight excluding hydrogens is 211 g/mol. The van der Waals surface area contributed by atoms with Crippen LogP contribution < -0.4 is 16.1 Å². The summed E-state index contributed by atoms with van der Waals surface area (Å²) in [7, 11) is -1.60. The average Bonchev–Trinajstić information content (AvgIpc) is 2.58. The minimum Gasteiger partial charge on any atom is -0.423 e. The summed E-state index contributed by atoms with van der Waals surface area (Å²) in [6.07, 6.45) is 0. The molecule has 3 amide bonds. The Morgan fingerprint density at radius 3 is 2.56 bits per heavy atom.